The Kier molecular flexibility index (Phi) is 6.24. The molecule has 1 unspecified atom stereocenters. The predicted molar refractivity (Wildman–Crippen MR) is 56.4 cm³/mol. The number of oxime groups is 1. The Morgan fingerprint density at radius 1 is 1.62 bits per heavy atom. The van der Waals surface area contributed by atoms with Crippen molar-refractivity contribution in [2.75, 3.05) is 13.1 Å². The quantitative estimate of drug-likeness (QED) is 0.297. The molecule has 0 bridgehead atoms. The van der Waals surface area contributed by atoms with Gasteiger partial charge in [0.2, 0.25) is 0 Å². The summed E-state index contributed by atoms with van der Waals surface area (Å²) >= 11 is 0. The van der Waals surface area contributed by atoms with Crippen molar-refractivity contribution in [2.24, 2.45) is 5.16 Å². The third kappa shape index (κ3) is 4.68. The number of hydrogen-bond acceptors (Lipinski definition) is 3. The zero-order chi connectivity index (χ0) is 10.3. The fourth-order valence-electron chi connectivity index (χ4n) is 1.35. The molecule has 0 fully saturated rings. The van der Waals surface area contributed by atoms with Gasteiger partial charge in [-0.05, 0) is 19.9 Å². The van der Waals surface area contributed by atoms with Crippen LogP contribution < -0.4 is 0 Å². The van der Waals surface area contributed by atoms with Crippen LogP contribution in [0.4, 0.5) is 0 Å². The van der Waals surface area contributed by atoms with Crippen molar-refractivity contribution in [1.29, 1.82) is 0 Å². The predicted octanol–water partition coefficient (Wildman–Crippen LogP) is 2.12. The van der Waals surface area contributed by atoms with E-state index in [1.807, 2.05) is 6.92 Å². The normalized spacial score (nSPS) is 13.8. The van der Waals surface area contributed by atoms with Crippen LogP contribution in [-0.4, -0.2) is 35.5 Å². The minimum absolute atomic E-state index is 0.215. The van der Waals surface area contributed by atoms with Crippen LogP contribution in [0.25, 0.3) is 0 Å². The second-order valence-electron chi connectivity index (χ2n) is 3.26. The summed E-state index contributed by atoms with van der Waals surface area (Å²) in [5.41, 5.74) is 1.13. The second kappa shape index (κ2) is 6.66. The van der Waals surface area contributed by atoms with E-state index in [2.05, 4.69) is 30.5 Å². The molecule has 0 rings (SSSR count). The molecule has 3 heteroatoms. The Labute approximate surface area is 80.7 Å². The zero-order valence-electron chi connectivity index (χ0n) is 8.82. The Balaban J connectivity index is 4.24. The van der Waals surface area contributed by atoms with Crippen LogP contribution in [-0.2, 0) is 0 Å². The van der Waals surface area contributed by atoms with E-state index >= 15 is 0 Å². The fraction of sp³-hybridized carbons (Fsp3) is 0.700. The molecule has 0 radical (unpaired) electrons. The van der Waals surface area contributed by atoms with Crippen LogP contribution in [0, 0.1) is 0 Å². The number of likely N-dealkylation sites (N-methyl/N-ethyl adjacent to an activating group) is 1. The molecule has 0 aliphatic rings. The SMILES string of the molecule is C=C(C)CN(CC)C(/C=N/O)CC. The summed E-state index contributed by atoms with van der Waals surface area (Å²) in [5.74, 6) is 0. The molecule has 13 heavy (non-hydrogen) atoms. The molecule has 1 N–H and O–H groups in total. The first-order valence-electron chi connectivity index (χ1n) is 4.71. The molecular weight excluding hydrogens is 164 g/mol. The summed E-state index contributed by atoms with van der Waals surface area (Å²) in [6.07, 6.45) is 2.53. The van der Waals surface area contributed by atoms with Crippen molar-refractivity contribution in [3.05, 3.63) is 12.2 Å². The lowest BCUT2D eigenvalue weighted by molar-refractivity contribution is 0.262. The van der Waals surface area contributed by atoms with Crippen LogP contribution in [0.3, 0.4) is 0 Å². The topological polar surface area (TPSA) is 35.8 Å². The summed E-state index contributed by atoms with van der Waals surface area (Å²) in [4.78, 5) is 2.22. The van der Waals surface area contributed by atoms with E-state index in [-0.39, 0.29) is 6.04 Å². The van der Waals surface area contributed by atoms with Crippen LogP contribution >= 0.6 is 0 Å². The van der Waals surface area contributed by atoms with Crippen molar-refractivity contribution < 1.29 is 5.21 Å². The standard InChI is InChI=1S/C10H20N2O/c1-5-10(7-11-13)12(6-2)8-9(3)4/h7,10,13H,3,5-6,8H2,1-2,4H3/b11-7+. The van der Waals surface area contributed by atoms with E-state index in [1.54, 1.807) is 6.21 Å². The van der Waals surface area contributed by atoms with Gasteiger partial charge in [0.25, 0.3) is 0 Å². The molecule has 3 nitrogen and oxygen atoms in total. The molecule has 0 amide bonds. The summed E-state index contributed by atoms with van der Waals surface area (Å²) in [6, 6.07) is 0.215. The van der Waals surface area contributed by atoms with Crippen LogP contribution in [0.5, 0.6) is 0 Å². The molecule has 0 spiro atoms. The summed E-state index contributed by atoms with van der Waals surface area (Å²) in [5, 5.41) is 11.6. The van der Waals surface area contributed by atoms with E-state index in [0.717, 1.165) is 25.1 Å². The van der Waals surface area contributed by atoms with Gasteiger partial charge in [-0.1, -0.05) is 26.0 Å². The molecule has 0 saturated heterocycles. The highest BCUT2D eigenvalue weighted by Gasteiger charge is 2.12. The first-order valence-corrected chi connectivity index (χ1v) is 4.71. The Morgan fingerprint density at radius 3 is 2.54 bits per heavy atom. The number of nitrogens with zero attached hydrogens (tertiary/aromatic N) is 2. The van der Waals surface area contributed by atoms with E-state index in [0.29, 0.717) is 0 Å². The van der Waals surface area contributed by atoms with Gasteiger partial charge in [0, 0.05) is 12.6 Å². The van der Waals surface area contributed by atoms with Crippen LogP contribution in [0.15, 0.2) is 17.3 Å². The van der Waals surface area contributed by atoms with Crippen molar-refractivity contribution in [2.45, 2.75) is 33.2 Å². The Morgan fingerprint density at radius 2 is 2.23 bits per heavy atom. The molecule has 0 aromatic rings. The van der Waals surface area contributed by atoms with Gasteiger partial charge in [-0.3, -0.25) is 4.90 Å². The molecule has 0 aliphatic carbocycles. The first kappa shape index (κ1) is 12.2. The van der Waals surface area contributed by atoms with Crippen molar-refractivity contribution in [3.63, 3.8) is 0 Å². The second-order valence-corrected chi connectivity index (χ2v) is 3.26. The van der Waals surface area contributed by atoms with E-state index in [9.17, 15) is 0 Å². The average molecular weight is 184 g/mol. The van der Waals surface area contributed by atoms with Crippen molar-refractivity contribution in [3.8, 4) is 0 Å². The monoisotopic (exact) mass is 184 g/mol. The highest BCUT2D eigenvalue weighted by Crippen LogP contribution is 2.04. The van der Waals surface area contributed by atoms with Gasteiger partial charge in [0.1, 0.15) is 0 Å². The lowest BCUT2D eigenvalue weighted by Gasteiger charge is -2.26. The average Bonchev–Trinajstić information content (AvgIpc) is 2.10. The maximum atomic E-state index is 8.47. The summed E-state index contributed by atoms with van der Waals surface area (Å²) in [7, 11) is 0. The molecule has 0 saturated carbocycles. The smallest absolute Gasteiger partial charge is 0.0607 e. The third-order valence-electron chi connectivity index (χ3n) is 2.01. The van der Waals surface area contributed by atoms with Gasteiger partial charge < -0.3 is 5.21 Å². The van der Waals surface area contributed by atoms with E-state index in [4.69, 9.17) is 5.21 Å². The molecule has 0 aromatic carbocycles. The van der Waals surface area contributed by atoms with Gasteiger partial charge in [-0.15, -0.1) is 5.16 Å². The molecular formula is C10H20N2O. The third-order valence-corrected chi connectivity index (χ3v) is 2.01. The van der Waals surface area contributed by atoms with Crippen molar-refractivity contribution >= 4 is 6.21 Å². The van der Waals surface area contributed by atoms with E-state index in [1.165, 1.54) is 0 Å². The minimum atomic E-state index is 0.215. The highest BCUT2D eigenvalue weighted by molar-refractivity contribution is 5.63. The molecule has 0 aromatic heterocycles. The highest BCUT2D eigenvalue weighted by atomic mass is 16.4. The van der Waals surface area contributed by atoms with E-state index < -0.39 is 0 Å². The van der Waals surface area contributed by atoms with Crippen molar-refractivity contribution in [1.82, 2.24) is 4.90 Å². The lowest BCUT2D eigenvalue weighted by atomic mass is 10.2. The van der Waals surface area contributed by atoms with Gasteiger partial charge >= 0.3 is 0 Å². The van der Waals surface area contributed by atoms with Gasteiger partial charge in [0.15, 0.2) is 0 Å². The van der Waals surface area contributed by atoms with Crippen LogP contribution in [0.1, 0.15) is 27.2 Å². The maximum Gasteiger partial charge on any atom is 0.0607 e. The van der Waals surface area contributed by atoms with Gasteiger partial charge in [-0.2, -0.15) is 0 Å². The molecule has 1 atom stereocenters. The Bertz CT molecular complexity index is 178. The van der Waals surface area contributed by atoms with Gasteiger partial charge in [0.05, 0.1) is 6.21 Å². The maximum absolute atomic E-state index is 8.47. The lowest BCUT2D eigenvalue weighted by Crippen LogP contribution is -2.37. The molecule has 0 heterocycles. The molecule has 76 valence electrons. The molecule has 0 aliphatic heterocycles. The minimum Gasteiger partial charge on any atom is -0.411 e. The van der Waals surface area contributed by atoms with Gasteiger partial charge in [-0.25, -0.2) is 0 Å². The number of hydrogen-bond donors (Lipinski definition) is 1. The largest absolute Gasteiger partial charge is 0.411 e. The fourth-order valence-corrected chi connectivity index (χ4v) is 1.35. The first-order chi connectivity index (χ1) is 6.15. The Hall–Kier alpha value is -0.830. The van der Waals surface area contributed by atoms with Crippen LogP contribution in [0.2, 0.25) is 0 Å². The summed E-state index contributed by atoms with van der Waals surface area (Å²) in [6.45, 7) is 11.9. The zero-order valence-corrected chi connectivity index (χ0v) is 8.82. The number of rotatable bonds is 6. The summed E-state index contributed by atoms with van der Waals surface area (Å²) < 4.78 is 0.